The molecule has 3 nitrogen and oxygen atoms in total. The Balaban J connectivity index is 2.22. The first-order chi connectivity index (χ1) is 14.0. The van der Waals surface area contributed by atoms with Crippen LogP contribution >= 0.6 is 0 Å². The zero-order chi connectivity index (χ0) is 20.4. The molecule has 0 saturated heterocycles. The first kappa shape index (κ1) is 17.5. The molecule has 0 amide bonds. The van der Waals surface area contributed by atoms with Crippen molar-refractivity contribution in [3.8, 4) is 12.1 Å². The van der Waals surface area contributed by atoms with Gasteiger partial charge in [-0.25, -0.2) is 0 Å². The summed E-state index contributed by atoms with van der Waals surface area (Å²) in [4.78, 5) is 0. The summed E-state index contributed by atoms with van der Waals surface area (Å²) in [7, 11) is 0. The average Bonchev–Trinajstić information content (AvgIpc) is 3.23. The smallest absolute Gasteiger partial charge is 0.0995 e. The molecule has 5 aromatic rings. The molecule has 0 radical (unpaired) electrons. The van der Waals surface area contributed by atoms with E-state index in [1.807, 2.05) is 12.1 Å². The second-order valence-corrected chi connectivity index (χ2v) is 8.42. The van der Waals surface area contributed by atoms with Crippen molar-refractivity contribution in [1.82, 2.24) is 4.40 Å². The van der Waals surface area contributed by atoms with Gasteiger partial charge in [0, 0.05) is 21.5 Å². The van der Waals surface area contributed by atoms with Crippen LogP contribution in [0.1, 0.15) is 61.8 Å². The number of hydrogen-bond acceptors (Lipinski definition) is 2. The van der Waals surface area contributed by atoms with Crippen molar-refractivity contribution < 1.29 is 0 Å². The van der Waals surface area contributed by atoms with E-state index in [0.29, 0.717) is 0 Å². The van der Waals surface area contributed by atoms with Crippen LogP contribution in [0.5, 0.6) is 0 Å². The van der Waals surface area contributed by atoms with Gasteiger partial charge in [-0.15, -0.1) is 0 Å². The van der Waals surface area contributed by atoms with Crippen molar-refractivity contribution >= 4 is 38.1 Å². The number of nitriles is 2. The summed E-state index contributed by atoms with van der Waals surface area (Å²) in [6, 6.07) is 19.3. The molecule has 0 spiro atoms. The van der Waals surface area contributed by atoms with Crippen LogP contribution in [0.4, 0.5) is 0 Å². The highest BCUT2D eigenvalue weighted by Crippen LogP contribution is 2.44. The number of para-hydroxylation sites is 1. The van der Waals surface area contributed by atoms with Crippen LogP contribution in [0.15, 0.2) is 42.5 Å². The van der Waals surface area contributed by atoms with Crippen molar-refractivity contribution in [2.45, 2.75) is 39.5 Å². The molecule has 0 aliphatic carbocycles. The van der Waals surface area contributed by atoms with Gasteiger partial charge in [0.15, 0.2) is 0 Å². The van der Waals surface area contributed by atoms with E-state index < -0.39 is 0 Å². The zero-order valence-corrected chi connectivity index (χ0v) is 17.0. The Kier molecular flexibility index (Phi) is 3.61. The summed E-state index contributed by atoms with van der Waals surface area (Å²) in [5, 5.41) is 24.3. The lowest BCUT2D eigenvalue weighted by Crippen LogP contribution is -2.00. The summed E-state index contributed by atoms with van der Waals surface area (Å²) >= 11 is 0. The van der Waals surface area contributed by atoms with E-state index in [1.165, 1.54) is 27.1 Å². The standard InChI is InChI=1S/C26H21N3/c1-14(2)22-16(12-27)8-10-20-18-6-5-7-19-21-11-9-17(13-28)23(15(3)4)26(21)29(24(18)19)25(20)22/h5-11,14-15H,1-4H3. The Morgan fingerprint density at radius 1 is 0.621 bits per heavy atom. The van der Waals surface area contributed by atoms with Gasteiger partial charge in [-0.3, -0.25) is 0 Å². The van der Waals surface area contributed by atoms with Crippen LogP contribution in [-0.4, -0.2) is 4.40 Å². The van der Waals surface area contributed by atoms with Gasteiger partial charge in [-0.2, -0.15) is 10.5 Å². The Morgan fingerprint density at radius 2 is 1.03 bits per heavy atom. The van der Waals surface area contributed by atoms with Gasteiger partial charge in [0.25, 0.3) is 0 Å². The molecular weight excluding hydrogens is 354 g/mol. The fourth-order valence-corrected chi connectivity index (χ4v) is 5.05. The highest BCUT2D eigenvalue weighted by molar-refractivity contribution is 6.24. The molecule has 3 aromatic carbocycles. The van der Waals surface area contributed by atoms with Gasteiger partial charge < -0.3 is 4.40 Å². The molecule has 3 heteroatoms. The third kappa shape index (κ3) is 2.11. The monoisotopic (exact) mass is 375 g/mol. The number of aromatic nitrogens is 1. The lowest BCUT2D eigenvalue weighted by molar-refractivity contribution is 0.862. The SMILES string of the molecule is CC(C)c1c(C#N)ccc2c3cccc4c5ccc(C#N)c(C(C)C)c5n(c12)c34. The van der Waals surface area contributed by atoms with E-state index in [4.69, 9.17) is 0 Å². The average molecular weight is 375 g/mol. The maximum absolute atomic E-state index is 9.80. The third-order valence-corrected chi connectivity index (χ3v) is 6.12. The first-order valence-corrected chi connectivity index (χ1v) is 10.1. The molecular formula is C26H21N3. The van der Waals surface area contributed by atoms with Crippen LogP contribution in [-0.2, 0) is 0 Å². The number of fused-ring (bicyclic) bond motifs is 6. The summed E-state index contributed by atoms with van der Waals surface area (Å²) in [6.07, 6.45) is 0. The highest BCUT2D eigenvalue weighted by atomic mass is 14.9. The molecule has 2 heterocycles. The second-order valence-electron chi connectivity index (χ2n) is 8.42. The topological polar surface area (TPSA) is 52.0 Å². The zero-order valence-electron chi connectivity index (χ0n) is 17.0. The number of hydrogen-bond donors (Lipinski definition) is 0. The quantitative estimate of drug-likeness (QED) is 0.340. The van der Waals surface area contributed by atoms with Crippen LogP contribution in [0.25, 0.3) is 38.1 Å². The van der Waals surface area contributed by atoms with Gasteiger partial charge in [0.05, 0.1) is 39.8 Å². The van der Waals surface area contributed by atoms with E-state index in [9.17, 15) is 10.5 Å². The van der Waals surface area contributed by atoms with Crippen LogP contribution < -0.4 is 0 Å². The predicted molar refractivity (Wildman–Crippen MR) is 119 cm³/mol. The largest absolute Gasteiger partial charge is 0.307 e. The van der Waals surface area contributed by atoms with Crippen molar-refractivity contribution in [2.75, 3.05) is 0 Å². The van der Waals surface area contributed by atoms with E-state index in [1.54, 1.807) is 0 Å². The molecule has 0 unspecified atom stereocenters. The van der Waals surface area contributed by atoms with E-state index >= 15 is 0 Å². The molecule has 0 N–H and O–H groups in total. The summed E-state index contributed by atoms with van der Waals surface area (Å²) < 4.78 is 2.34. The number of benzene rings is 3. The van der Waals surface area contributed by atoms with Gasteiger partial charge in [0.1, 0.15) is 0 Å². The van der Waals surface area contributed by atoms with Crippen molar-refractivity contribution in [3.63, 3.8) is 0 Å². The Labute approximate surface area is 169 Å². The van der Waals surface area contributed by atoms with Crippen LogP contribution in [0.3, 0.4) is 0 Å². The Morgan fingerprint density at radius 3 is 1.41 bits per heavy atom. The molecule has 0 fully saturated rings. The third-order valence-electron chi connectivity index (χ3n) is 6.12. The van der Waals surface area contributed by atoms with Crippen LogP contribution in [0.2, 0.25) is 0 Å². The maximum atomic E-state index is 9.80. The van der Waals surface area contributed by atoms with Gasteiger partial charge in [-0.05, 0) is 35.1 Å². The Hall–Kier alpha value is -3.56. The van der Waals surface area contributed by atoms with Crippen molar-refractivity contribution in [3.05, 3.63) is 64.7 Å². The van der Waals surface area contributed by atoms with Gasteiger partial charge >= 0.3 is 0 Å². The molecule has 140 valence electrons. The normalized spacial score (nSPS) is 12.0. The molecule has 2 aromatic heterocycles. The van der Waals surface area contributed by atoms with Gasteiger partial charge in [0.2, 0.25) is 0 Å². The fourth-order valence-electron chi connectivity index (χ4n) is 5.05. The minimum absolute atomic E-state index is 0.211. The second kappa shape index (κ2) is 5.97. The first-order valence-electron chi connectivity index (χ1n) is 10.1. The van der Waals surface area contributed by atoms with Crippen molar-refractivity contribution in [2.24, 2.45) is 0 Å². The summed E-state index contributed by atoms with van der Waals surface area (Å²) in [5.41, 5.74) is 7.02. The van der Waals surface area contributed by atoms with E-state index in [0.717, 1.165) is 33.3 Å². The highest BCUT2D eigenvalue weighted by Gasteiger charge is 2.25. The van der Waals surface area contributed by atoms with E-state index in [-0.39, 0.29) is 11.8 Å². The lowest BCUT2D eigenvalue weighted by atomic mass is 9.92. The minimum atomic E-state index is 0.211. The van der Waals surface area contributed by atoms with Crippen LogP contribution in [0, 0.1) is 22.7 Å². The number of nitrogens with zero attached hydrogens (tertiary/aromatic N) is 3. The molecule has 0 atom stereocenters. The molecule has 0 aliphatic heterocycles. The number of rotatable bonds is 2. The lowest BCUT2D eigenvalue weighted by Gasteiger charge is -2.14. The van der Waals surface area contributed by atoms with Gasteiger partial charge in [-0.1, -0.05) is 58.0 Å². The fraction of sp³-hybridized carbons (Fsp3) is 0.231. The molecule has 0 bridgehead atoms. The van der Waals surface area contributed by atoms with E-state index in [2.05, 4.69) is 74.6 Å². The maximum Gasteiger partial charge on any atom is 0.0995 e. The predicted octanol–water partition coefficient (Wildman–Crippen LogP) is 6.83. The molecule has 0 aliphatic rings. The minimum Gasteiger partial charge on any atom is -0.307 e. The summed E-state index contributed by atoms with van der Waals surface area (Å²) in [5.74, 6) is 0.422. The van der Waals surface area contributed by atoms with Crippen molar-refractivity contribution in [1.29, 1.82) is 10.5 Å². The molecule has 5 rings (SSSR count). The molecule has 29 heavy (non-hydrogen) atoms. The molecule has 0 saturated carbocycles. The Bertz CT molecular complexity index is 1410. The summed E-state index contributed by atoms with van der Waals surface area (Å²) in [6.45, 7) is 8.58.